The standard InChI is InChI=1S/C19H32N4O.H2S/c1-4-15-13-17(20)19(24-3)14-18(15)23-7-5-16(6-8-23)22-11-9-21(2)10-12-22;/h13-14,16H,4-12,20H2,1-3H3;1H2. The van der Waals surface area contributed by atoms with Crippen LogP contribution < -0.4 is 15.4 Å². The number of likely N-dealkylation sites (N-methyl/N-ethyl adjacent to an activating group) is 1. The van der Waals surface area contributed by atoms with Crippen molar-refractivity contribution in [3.63, 3.8) is 0 Å². The van der Waals surface area contributed by atoms with Crippen LogP contribution in [-0.4, -0.2) is 69.3 Å². The molecule has 1 aromatic rings. The number of hydrogen-bond acceptors (Lipinski definition) is 5. The molecule has 0 aromatic heterocycles. The number of methoxy groups -OCH3 is 1. The van der Waals surface area contributed by atoms with E-state index in [2.05, 4.69) is 40.8 Å². The monoisotopic (exact) mass is 366 g/mol. The normalized spacial score (nSPS) is 20.4. The van der Waals surface area contributed by atoms with Crippen molar-refractivity contribution in [1.29, 1.82) is 0 Å². The predicted molar refractivity (Wildman–Crippen MR) is 111 cm³/mol. The van der Waals surface area contributed by atoms with E-state index in [4.69, 9.17) is 10.5 Å². The fourth-order valence-corrected chi connectivity index (χ4v) is 4.05. The molecule has 0 bridgehead atoms. The summed E-state index contributed by atoms with van der Waals surface area (Å²) in [5.74, 6) is 0.795. The van der Waals surface area contributed by atoms with Crippen LogP contribution in [0.2, 0.25) is 0 Å². The molecule has 2 heterocycles. The molecule has 0 saturated carbocycles. The molecule has 3 rings (SSSR count). The number of hydrogen-bond donors (Lipinski definition) is 1. The second kappa shape index (κ2) is 9.01. The van der Waals surface area contributed by atoms with Crippen LogP contribution in [0.3, 0.4) is 0 Å². The molecular formula is C19H34N4OS. The summed E-state index contributed by atoms with van der Waals surface area (Å²) in [7, 11) is 3.92. The van der Waals surface area contributed by atoms with Gasteiger partial charge in [-0.3, -0.25) is 4.90 Å². The zero-order valence-electron chi connectivity index (χ0n) is 15.9. The number of nitrogen functional groups attached to an aromatic ring is 1. The highest BCUT2D eigenvalue weighted by atomic mass is 32.1. The molecule has 2 fully saturated rings. The number of aryl methyl sites for hydroxylation is 1. The minimum atomic E-state index is 0. The van der Waals surface area contributed by atoms with Gasteiger partial charge in [0.15, 0.2) is 0 Å². The first-order chi connectivity index (χ1) is 11.6. The number of nitrogens with two attached hydrogens (primary N) is 1. The number of nitrogens with zero attached hydrogens (tertiary/aromatic N) is 3. The van der Waals surface area contributed by atoms with Crippen LogP contribution in [0.1, 0.15) is 25.3 Å². The zero-order chi connectivity index (χ0) is 17.1. The van der Waals surface area contributed by atoms with Crippen molar-refractivity contribution in [2.75, 3.05) is 64.1 Å². The first kappa shape index (κ1) is 20.2. The smallest absolute Gasteiger partial charge is 0.143 e. The molecule has 0 atom stereocenters. The largest absolute Gasteiger partial charge is 0.495 e. The third-order valence-corrected chi connectivity index (χ3v) is 5.67. The van der Waals surface area contributed by atoms with Crippen molar-refractivity contribution in [2.45, 2.75) is 32.2 Å². The molecule has 0 amide bonds. The molecule has 25 heavy (non-hydrogen) atoms. The third-order valence-electron chi connectivity index (χ3n) is 5.67. The van der Waals surface area contributed by atoms with Gasteiger partial charge in [-0.2, -0.15) is 13.5 Å². The SMILES string of the molecule is CCc1cc(N)c(OC)cc1N1CCC(N2CCN(C)CC2)CC1.S. The number of benzene rings is 1. The topological polar surface area (TPSA) is 45.0 Å². The van der Waals surface area contributed by atoms with E-state index in [0.29, 0.717) is 0 Å². The van der Waals surface area contributed by atoms with Gasteiger partial charge in [-0.1, -0.05) is 6.92 Å². The summed E-state index contributed by atoms with van der Waals surface area (Å²) in [6, 6.07) is 4.96. The van der Waals surface area contributed by atoms with E-state index in [-0.39, 0.29) is 13.5 Å². The first-order valence-corrected chi connectivity index (χ1v) is 9.26. The summed E-state index contributed by atoms with van der Waals surface area (Å²) in [6.45, 7) is 9.29. The minimum Gasteiger partial charge on any atom is -0.495 e. The van der Waals surface area contributed by atoms with Gasteiger partial charge >= 0.3 is 0 Å². The molecule has 2 saturated heterocycles. The lowest BCUT2D eigenvalue weighted by Gasteiger charge is -2.43. The molecule has 0 radical (unpaired) electrons. The van der Waals surface area contributed by atoms with Gasteiger partial charge in [-0.25, -0.2) is 0 Å². The maximum Gasteiger partial charge on any atom is 0.143 e. The Labute approximate surface area is 159 Å². The number of piperidine rings is 1. The summed E-state index contributed by atoms with van der Waals surface area (Å²) in [5, 5.41) is 0. The average Bonchev–Trinajstić information content (AvgIpc) is 2.62. The maximum atomic E-state index is 6.08. The molecule has 2 aliphatic heterocycles. The van der Waals surface area contributed by atoms with Crippen molar-refractivity contribution < 1.29 is 4.74 Å². The van der Waals surface area contributed by atoms with Crippen molar-refractivity contribution in [2.24, 2.45) is 0 Å². The number of rotatable bonds is 4. The van der Waals surface area contributed by atoms with E-state index in [0.717, 1.165) is 37.0 Å². The van der Waals surface area contributed by atoms with E-state index < -0.39 is 0 Å². The molecule has 5 nitrogen and oxygen atoms in total. The van der Waals surface area contributed by atoms with Gasteiger partial charge in [0.2, 0.25) is 0 Å². The molecule has 0 unspecified atom stereocenters. The lowest BCUT2D eigenvalue weighted by Crippen LogP contribution is -2.52. The predicted octanol–water partition coefficient (Wildman–Crippen LogP) is 2.17. The maximum absolute atomic E-state index is 6.08. The highest BCUT2D eigenvalue weighted by Gasteiger charge is 2.27. The van der Waals surface area contributed by atoms with Crippen LogP contribution in [0.5, 0.6) is 5.75 Å². The molecular weight excluding hydrogens is 332 g/mol. The van der Waals surface area contributed by atoms with Gasteiger partial charge in [-0.05, 0) is 37.9 Å². The Morgan fingerprint density at radius 3 is 2.28 bits per heavy atom. The lowest BCUT2D eigenvalue weighted by atomic mass is 9.99. The number of anilines is 2. The molecule has 142 valence electrons. The van der Waals surface area contributed by atoms with E-state index >= 15 is 0 Å². The van der Waals surface area contributed by atoms with E-state index in [1.54, 1.807) is 7.11 Å². The minimum absolute atomic E-state index is 0. The third kappa shape index (κ3) is 4.54. The summed E-state index contributed by atoms with van der Waals surface area (Å²) in [5.41, 5.74) is 9.45. The van der Waals surface area contributed by atoms with Gasteiger partial charge in [0.05, 0.1) is 12.8 Å². The Morgan fingerprint density at radius 2 is 1.72 bits per heavy atom. The summed E-state index contributed by atoms with van der Waals surface area (Å²) < 4.78 is 5.44. The van der Waals surface area contributed by atoms with E-state index in [1.165, 1.54) is 50.3 Å². The van der Waals surface area contributed by atoms with Crippen molar-refractivity contribution in [1.82, 2.24) is 9.80 Å². The average molecular weight is 367 g/mol. The van der Waals surface area contributed by atoms with E-state index in [9.17, 15) is 0 Å². The van der Waals surface area contributed by atoms with Gasteiger partial charge in [0.1, 0.15) is 5.75 Å². The van der Waals surface area contributed by atoms with Crippen LogP contribution in [-0.2, 0) is 6.42 Å². The van der Waals surface area contributed by atoms with Gasteiger partial charge in [0, 0.05) is 57.1 Å². The Balaban J connectivity index is 0.00000225. The molecule has 2 N–H and O–H groups in total. The summed E-state index contributed by atoms with van der Waals surface area (Å²) in [6.07, 6.45) is 3.50. The fraction of sp³-hybridized carbons (Fsp3) is 0.684. The van der Waals surface area contributed by atoms with Crippen LogP contribution in [0, 0.1) is 0 Å². The van der Waals surface area contributed by atoms with Crippen molar-refractivity contribution in [3.8, 4) is 5.75 Å². The van der Waals surface area contributed by atoms with Crippen LogP contribution in [0.15, 0.2) is 12.1 Å². The Morgan fingerprint density at radius 1 is 1.08 bits per heavy atom. The highest BCUT2D eigenvalue weighted by Crippen LogP contribution is 2.34. The molecule has 1 aromatic carbocycles. The lowest BCUT2D eigenvalue weighted by molar-refractivity contribution is 0.0982. The van der Waals surface area contributed by atoms with Gasteiger partial charge in [0.25, 0.3) is 0 Å². The quantitative estimate of drug-likeness (QED) is 0.828. The molecule has 0 aliphatic carbocycles. The zero-order valence-corrected chi connectivity index (χ0v) is 16.9. The Hall–Kier alpha value is -1.11. The summed E-state index contributed by atoms with van der Waals surface area (Å²) >= 11 is 0. The Bertz CT molecular complexity index is 553. The van der Waals surface area contributed by atoms with Crippen molar-refractivity contribution in [3.05, 3.63) is 17.7 Å². The summed E-state index contributed by atoms with van der Waals surface area (Å²) in [4.78, 5) is 7.65. The fourth-order valence-electron chi connectivity index (χ4n) is 4.05. The Kier molecular flexibility index (Phi) is 7.28. The number of ether oxygens (including phenoxy) is 1. The second-order valence-electron chi connectivity index (χ2n) is 7.13. The van der Waals surface area contributed by atoms with Crippen LogP contribution in [0.4, 0.5) is 11.4 Å². The van der Waals surface area contributed by atoms with Gasteiger partial charge in [-0.15, -0.1) is 0 Å². The van der Waals surface area contributed by atoms with Crippen LogP contribution in [0.25, 0.3) is 0 Å². The number of piperazine rings is 1. The van der Waals surface area contributed by atoms with E-state index in [1.807, 2.05) is 0 Å². The molecule has 2 aliphatic rings. The van der Waals surface area contributed by atoms with Crippen molar-refractivity contribution >= 4 is 24.9 Å². The highest BCUT2D eigenvalue weighted by molar-refractivity contribution is 7.59. The van der Waals surface area contributed by atoms with Crippen LogP contribution >= 0.6 is 13.5 Å². The molecule has 0 spiro atoms. The first-order valence-electron chi connectivity index (χ1n) is 9.26. The second-order valence-corrected chi connectivity index (χ2v) is 7.13. The van der Waals surface area contributed by atoms with Gasteiger partial charge < -0.3 is 20.3 Å². The molecule has 6 heteroatoms.